The number of hydrogen-bond acceptors (Lipinski definition) is 10. The Morgan fingerprint density at radius 2 is 1.54 bits per heavy atom. The summed E-state index contributed by atoms with van der Waals surface area (Å²) < 4.78 is 66.7. The summed E-state index contributed by atoms with van der Waals surface area (Å²) >= 11 is 0. The highest BCUT2D eigenvalue weighted by atomic mass is 32.2. The molecule has 1 heterocycles. The standard InChI is InChI=1S/C35H28N2O11S2/c1-19-8-10-20(11-9-19)18-48-35(42)31-28-23-5-2-3-6-24(23)33(40)29-25(17-26(50(45,46)47)32(30(28)29)37-34(31)41)36-21-12-14-22(15-13-21)49(43,44)16-4-7-27(38)39/h2-3,5-6,8-15,17,36H,4,7,16,18H2,1H3,(H,37,41)(H,38,39)(H,45,46,47). The van der Waals surface area contributed by atoms with Gasteiger partial charge in [-0.1, -0.05) is 54.1 Å². The zero-order chi connectivity index (χ0) is 36.0. The molecule has 1 aliphatic rings. The second-order valence-electron chi connectivity index (χ2n) is 11.6. The maximum Gasteiger partial charge on any atom is 0.344 e. The van der Waals surface area contributed by atoms with E-state index in [9.17, 15) is 40.6 Å². The first kappa shape index (κ1) is 34.2. The van der Waals surface area contributed by atoms with E-state index in [1.54, 1.807) is 24.3 Å². The van der Waals surface area contributed by atoms with Gasteiger partial charge in [-0.2, -0.15) is 8.42 Å². The van der Waals surface area contributed by atoms with Crippen molar-refractivity contribution in [1.29, 1.82) is 0 Å². The van der Waals surface area contributed by atoms with Crippen LogP contribution in [0.25, 0.3) is 22.0 Å². The number of aromatic nitrogens is 1. The van der Waals surface area contributed by atoms with Gasteiger partial charge in [0.15, 0.2) is 15.6 Å². The number of H-pyrrole nitrogens is 1. The van der Waals surface area contributed by atoms with E-state index < -0.39 is 65.0 Å². The van der Waals surface area contributed by atoms with Crippen molar-refractivity contribution in [3.63, 3.8) is 0 Å². The number of ether oxygens (including phenoxy) is 1. The quantitative estimate of drug-likeness (QED) is 0.103. The molecule has 15 heteroatoms. The highest BCUT2D eigenvalue weighted by Crippen LogP contribution is 2.45. The Hall–Kier alpha value is -5.64. The Labute approximate surface area is 285 Å². The third kappa shape index (κ3) is 6.53. The van der Waals surface area contributed by atoms with Gasteiger partial charge >= 0.3 is 11.9 Å². The first-order valence-corrected chi connectivity index (χ1v) is 18.2. The predicted octanol–water partition coefficient (Wildman–Crippen LogP) is 5.03. The third-order valence-electron chi connectivity index (χ3n) is 8.19. The van der Waals surface area contributed by atoms with E-state index >= 15 is 0 Å². The molecule has 1 aromatic heterocycles. The molecule has 5 aromatic rings. The van der Waals surface area contributed by atoms with E-state index in [2.05, 4.69) is 10.3 Å². The van der Waals surface area contributed by atoms with Crippen LogP contribution in [0.1, 0.15) is 50.2 Å². The Morgan fingerprint density at radius 1 is 0.880 bits per heavy atom. The number of fused-ring (bicyclic) bond motifs is 2. The number of aliphatic carboxylic acids is 1. The summed E-state index contributed by atoms with van der Waals surface area (Å²) in [6.45, 7) is 1.70. The minimum absolute atomic E-state index is 0.0702. The fraction of sp³-hybridized carbons (Fsp3) is 0.143. The van der Waals surface area contributed by atoms with Crippen molar-refractivity contribution < 1.29 is 45.6 Å². The normalized spacial score (nSPS) is 12.4. The lowest BCUT2D eigenvalue weighted by molar-refractivity contribution is -0.137. The van der Waals surface area contributed by atoms with Crippen molar-refractivity contribution in [2.45, 2.75) is 36.2 Å². The van der Waals surface area contributed by atoms with Crippen LogP contribution < -0.4 is 10.9 Å². The summed E-state index contributed by atoms with van der Waals surface area (Å²) in [7, 11) is -8.88. The summed E-state index contributed by atoms with van der Waals surface area (Å²) in [6, 6.07) is 19.5. The first-order chi connectivity index (χ1) is 23.7. The van der Waals surface area contributed by atoms with Crippen LogP contribution >= 0.6 is 0 Å². The number of benzene rings is 4. The molecule has 256 valence electrons. The van der Waals surface area contributed by atoms with Crippen molar-refractivity contribution in [1.82, 2.24) is 4.98 Å². The van der Waals surface area contributed by atoms with E-state index in [0.717, 1.165) is 11.6 Å². The summed E-state index contributed by atoms with van der Waals surface area (Å²) in [5, 5.41) is 11.6. The van der Waals surface area contributed by atoms with Crippen LogP contribution in [0.3, 0.4) is 0 Å². The SMILES string of the molecule is Cc1ccc(COC(=O)c2c3c4c(c(Nc5ccc(S(=O)(=O)CCCC(=O)O)cc5)cc(S(=O)(=O)O)c4[nH]c2=O)C(=O)c2ccccc2-3)cc1. The van der Waals surface area contributed by atoms with E-state index in [1.165, 1.54) is 36.4 Å². The highest BCUT2D eigenvalue weighted by molar-refractivity contribution is 7.91. The van der Waals surface area contributed by atoms with Crippen molar-refractivity contribution in [3.05, 3.63) is 117 Å². The third-order valence-corrected chi connectivity index (χ3v) is 10.9. The topological polar surface area (TPSA) is 214 Å². The van der Waals surface area contributed by atoms with E-state index in [4.69, 9.17) is 9.84 Å². The monoisotopic (exact) mass is 716 g/mol. The van der Waals surface area contributed by atoms with Crippen molar-refractivity contribution in [3.8, 4) is 11.1 Å². The number of rotatable bonds is 11. The molecular formula is C35H28N2O11S2. The molecule has 0 aliphatic heterocycles. The number of sulfone groups is 1. The number of anilines is 2. The lowest BCUT2D eigenvalue weighted by Gasteiger charge is -2.25. The number of aryl methyl sites for hydroxylation is 1. The smallest absolute Gasteiger partial charge is 0.344 e. The molecule has 6 rings (SSSR count). The second kappa shape index (κ2) is 13.0. The van der Waals surface area contributed by atoms with Crippen LogP contribution in [-0.2, 0) is 36.1 Å². The number of pyridine rings is 1. The molecule has 50 heavy (non-hydrogen) atoms. The maximum atomic E-state index is 14.1. The second-order valence-corrected chi connectivity index (χ2v) is 15.1. The number of ketones is 1. The zero-order valence-corrected chi connectivity index (χ0v) is 27.9. The van der Waals surface area contributed by atoms with Crippen LogP contribution in [-0.4, -0.2) is 55.0 Å². The van der Waals surface area contributed by atoms with Gasteiger partial charge in [0.1, 0.15) is 17.1 Å². The van der Waals surface area contributed by atoms with Crippen LogP contribution in [0, 0.1) is 6.92 Å². The first-order valence-electron chi connectivity index (χ1n) is 15.1. The van der Waals surface area contributed by atoms with Gasteiger partial charge in [0, 0.05) is 28.6 Å². The Balaban J connectivity index is 1.51. The number of nitrogens with one attached hydrogen (secondary N) is 2. The number of carbonyl (C=O) groups excluding carboxylic acids is 2. The molecule has 13 nitrogen and oxygen atoms in total. The Morgan fingerprint density at radius 3 is 2.18 bits per heavy atom. The molecule has 0 atom stereocenters. The minimum Gasteiger partial charge on any atom is -0.481 e. The van der Waals surface area contributed by atoms with Gasteiger partial charge in [0.25, 0.3) is 15.7 Å². The van der Waals surface area contributed by atoms with E-state index in [0.29, 0.717) is 5.56 Å². The van der Waals surface area contributed by atoms with Gasteiger partial charge in [-0.15, -0.1) is 0 Å². The number of aromatic amines is 1. The van der Waals surface area contributed by atoms with E-state index in [-0.39, 0.29) is 63.4 Å². The highest BCUT2D eigenvalue weighted by Gasteiger charge is 2.36. The largest absolute Gasteiger partial charge is 0.481 e. The van der Waals surface area contributed by atoms with Crippen LogP contribution in [0.2, 0.25) is 0 Å². The molecule has 4 aromatic carbocycles. The van der Waals surface area contributed by atoms with E-state index in [1.807, 2.05) is 19.1 Å². The Kier molecular flexibility index (Phi) is 8.90. The predicted molar refractivity (Wildman–Crippen MR) is 182 cm³/mol. The average molecular weight is 717 g/mol. The molecular weight excluding hydrogens is 689 g/mol. The van der Waals surface area contributed by atoms with Crippen molar-refractivity contribution in [2.24, 2.45) is 0 Å². The molecule has 0 saturated heterocycles. The van der Waals surface area contributed by atoms with Crippen LogP contribution in [0.4, 0.5) is 11.4 Å². The molecule has 0 spiro atoms. The van der Waals surface area contributed by atoms with Gasteiger partial charge in [-0.05, 0) is 54.8 Å². The zero-order valence-electron chi connectivity index (χ0n) is 26.2. The summed E-state index contributed by atoms with van der Waals surface area (Å²) in [6.07, 6.45) is -0.414. The van der Waals surface area contributed by atoms with Crippen molar-refractivity contribution >= 4 is 60.0 Å². The molecule has 0 radical (unpaired) electrons. The van der Waals surface area contributed by atoms with Gasteiger partial charge in [-0.25, -0.2) is 13.2 Å². The van der Waals surface area contributed by atoms with Crippen LogP contribution in [0.5, 0.6) is 0 Å². The molecule has 0 amide bonds. The number of carbonyl (C=O) groups is 3. The maximum absolute atomic E-state index is 14.1. The Bertz CT molecular complexity index is 2510. The van der Waals surface area contributed by atoms with Gasteiger partial charge in [0.2, 0.25) is 0 Å². The average Bonchev–Trinajstić information content (AvgIpc) is 3.06. The molecule has 1 aliphatic carbocycles. The molecule has 4 N–H and O–H groups in total. The summed E-state index contributed by atoms with van der Waals surface area (Å²) in [4.78, 5) is 53.7. The lowest BCUT2D eigenvalue weighted by Crippen LogP contribution is -2.25. The summed E-state index contributed by atoms with van der Waals surface area (Å²) in [5.41, 5.74) is -0.130. The van der Waals surface area contributed by atoms with Gasteiger partial charge in [-0.3, -0.25) is 18.9 Å². The number of esters is 1. The van der Waals surface area contributed by atoms with Gasteiger partial charge in [0.05, 0.1) is 27.4 Å². The fourth-order valence-electron chi connectivity index (χ4n) is 5.82. The molecule has 0 saturated carbocycles. The lowest BCUT2D eigenvalue weighted by atomic mass is 9.81. The number of hydrogen-bond donors (Lipinski definition) is 4. The fourth-order valence-corrected chi connectivity index (χ4v) is 7.81. The number of carboxylic acid groups (broad SMARTS) is 1. The van der Waals surface area contributed by atoms with Crippen LogP contribution in [0.15, 0.2) is 93.4 Å². The van der Waals surface area contributed by atoms with Crippen molar-refractivity contribution in [2.75, 3.05) is 11.1 Å². The van der Waals surface area contributed by atoms with Gasteiger partial charge < -0.3 is 20.1 Å². The molecule has 0 fully saturated rings. The number of carboxylic acids is 1. The minimum atomic E-state index is -5.06. The molecule has 0 unspecified atom stereocenters. The molecule has 0 bridgehead atoms. The summed E-state index contributed by atoms with van der Waals surface area (Å²) in [5.74, 6) is -3.15.